The number of carbonyl (C=O) groups excluding carboxylic acids is 3. The van der Waals surface area contributed by atoms with Crippen LogP contribution in [0.15, 0.2) is 93.9 Å². The summed E-state index contributed by atoms with van der Waals surface area (Å²) in [6.07, 6.45) is 6.90. The molecular weight excluding hydrogens is 955 g/mol. The summed E-state index contributed by atoms with van der Waals surface area (Å²) >= 11 is 5.44. The third kappa shape index (κ3) is 11.4. The number of thiazole rings is 1. The van der Waals surface area contributed by atoms with Crippen molar-refractivity contribution >= 4 is 56.4 Å². The molecule has 3 aromatic heterocycles. The van der Waals surface area contributed by atoms with Crippen LogP contribution in [-0.4, -0.2) is 103 Å². The number of nitrogens with one attached hydrogen (secondary N) is 2. The second-order valence-electron chi connectivity index (χ2n) is 19.8. The maximum absolute atomic E-state index is 14.4. The number of likely N-dealkylation sites (tertiary alicyclic amines) is 2. The van der Waals surface area contributed by atoms with Crippen molar-refractivity contribution in [2.75, 3.05) is 37.6 Å². The molecule has 2 aliphatic heterocycles. The first-order valence-corrected chi connectivity index (χ1v) is 25.5. The van der Waals surface area contributed by atoms with Crippen molar-refractivity contribution in [2.45, 2.75) is 105 Å². The standard InChI is InChI=1S/C53H64BrN9O5S/c1-32-9-10-40(48-34(3)59-68-36(48)5)25-45(32)62(41-15-16-44(43(54)26-41)61-24-20-55-30-61)28-37-17-21-60(22-18-37)23-19-47(65)58-50(53(6,7)8)52(67)63-29-42(64)27-46(63)51(66)57-33(2)38-11-13-39(14-12-38)49-35(4)56-31-69-49/h9-16,20,24-26,30-31,33,37,42,46,50,64H,17-19,21-23,27-29H2,1-8H3,(H,57,66)(H,58,65)/t33-,42+,46-,50+/m0/s1. The Morgan fingerprint density at radius 2 is 1.71 bits per heavy atom. The summed E-state index contributed by atoms with van der Waals surface area (Å²) in [5.74, 6) is 0.244. The number of aliphatic hydroxyl groups is 1. The molecular formula is C53H64BrN9O5S. The quantitative estimate of drug-likeness (QED) is 0.0905. The Kier molecular flexibility index (Phi) is 15.2. The topological polar surface area (TPSA) is 162 Å². The number of halogens is 1. The van der Waals surface area contributed by atoms with Crippen molar-refractivity contribution in [1.82, 2.24) is 40.1 Å². The summed E-state index contributed by atoms with van der Waals surface area (Å²) in [6, 6.07) is 18.9. The highest BCUT2D eigenvalue weighted by atomic mass is 79.9. The van der Waals surface area contributed by atoms with E-state index < -0.39 is 23.6 Å². The van der Waals surface area contributed by atoms with Crippen LogP contribution in [0.4, 0.5) is 11.4 Å². The first-order valence-electron chi connectivity index (χ1n) is 23.9. The highest BCUT2D eigenvalue weighted by molar-refractivity contribution is 9.10. The van der Waals surface area contributed by atoms with Gasteiger partial charge in [-0.2, -0.15) is 0 Å². The molecule has 0 bridgehead atoms. The predicted octanol–water partition coefficient (Wildman–Crippen LogP) is 9.26. The van der Waals surface area contributed by atoms with Gasteiger partial charge in [-0.3, -0.25) is 14.4 Å². The fourth-order valence-electron chi connectivity index (χ4n) is 9.73. The van der Waals surface area contributed by atoms with Gasteiger partial charge in [0.15, 0.2) is 0 Å². The summed E-state index contributed by atoms with van der Waals surface area (Å²) in [5, 5.41) is 21.1. The Balaban J connectivity index is 0.888. The number of hydrogen-bond donors (Lipinski definition) is 3. The zero-order valence-corrected chi connectivity index (χ0v) is 43.2. The number of imidazole rings is 1. The first-order chi connectivity index (χ1) is 32.9. The fourth-order valence-corrected chi connectivity index (χ4v) is 11.1. The molecule has 364 valence electrons. The first kappa shape index (κ1) is 49.7. The van der Waals surface area contributed by atoms with E-state index in [-0.39, 0.29) is 43.1 Å². The monoisotopic (exact) mass is 1020 g/mol. The fraction of sp³-hybridized carbons (Fsp3) is 0.434. The molecule has 0 saturated carbocycles. The lowest BCUT2D eigenvalue weighted by Gasteiger charge is -2.37. The molecule has 2 aliphatic rings. The minimum atomic E-state index is -0.893. The number of amides is 3. The number of hydrogen-bond acceptors (Lipinski definition) is 11. The van der Waals surface area contributed by atoms with Gasteiger partial charge in [0.1, 0.15) is 17.8 Å². The second kappa shape index (κ2) is 21.1. The SMILES string of the molecule is Cc1ccc(-c2c(C)noc2C)cc1N(CC1CCN(CCC(=O)N[C@H](C(=O)N2C[C@H](O)C[C@H]2C(=O)N[C@@H](C)c2ccc(-c3scnc3C)cc2)C(C)(C)C)CC1)c1ccc(-n2ccnc2)c(Br)c1. The lowest BCUT2D eigenvalue weighted by atomic mass is 9.85. The van der Waals surface area contributed by atoms with Crippen LogP contribution in [0.2, 0.25) is 0 Å². The molecule has 0 radical (unpaired) electrons. The van der Waals surface area contributed by atoms with Crippen LogP contribution < -0.4 is 15.5 Å². The third-order valence-electron chi connectivity index (χ3n) is 13.7. The lowest BCUT2D eigenvalue weighted by Crippen LogP contribution is -2.58. The molecule has 0 aliphatic carbocycles. The molecule has 6 aromatic rings. The Bertz CT molecular complexity index is 2740. The predicted molar refractivity (Wildman–Crippen MR) is 275 cm³/mol. The van der Waals surface area contributed by atoms with E-state index in [1.165, 1.54) is 4.90 Å². The molecule has 16 heteroatoms. The minimum Gasteiger partial charge on any atom is -0.391 e. The molecule has 0 spiro atoms. The Morgan fingerprint density at radius 1 is 0.971 bits per heavy atom. The minimum absolute atomic E-state index is 0.0172. The van der Waals surface area contributed by atoms with Gasteiger partial charge in [-0.1, -0.05) is 62.3 Å². The van der Waals surface area contributed by atoms with E-state index in [2.05, 4.69) is 94.8 Å². The number of piperidine rings is 1. The zero-order valence-electron chi connectivity index (χ0n) is 40.8. The smallest absolute Gasteiger partial charge is 0.246 e. The van der Waals surface area contributed by atoms with Gasteiger partial charge in [-0.25, -0.2) is 9.97 Å². The van der Waals surface area contributed by atoms with Gasteiger partial charge in [0.25, 0.3) is 0 Å². The van der Waals surface area contributed by atoms with Gasteiger partial charge in [-0.05, 0) is 134 Å². The molecule has 8 rings (SSSR count). The zero-order chi connectivity index (χ0) is 49.1. The molecule has 3 N–H and O–H groups in total. The number of anilines is 2. The average molecular weight is 1020 g/mol. The van der Waals surface area contributed by atoms with E-state index in [4.69, 9.17) is 4.52 Å². The maximum Gasteiger partial charge on any atom is 0.246 e. The number of nitrogens with zero attached hydrogens (tertiary/aromatic N) is 7. The number of aliphatic hydroxyl groups excluding tert-OH is 1. The maximum atomic E-state index is 14.4. The van der Waals surface area contributed by atoms with Crippen LogP contribution in [0.5, 0.6) is 0 Å². The Hall–Kier alpha value is -5.68. The van der Waals surface area contributed by atoms with Crippen LogP contribution in [-0.2, 0) is 14.4 Å². The van der Waals surface area contributed by atoms with Crippen LogP contribution in [0, 0.1) is 39.0 Å². The Morgan fingerprint density at radius 3 is 2.35 bits per heavy atom. The number of benzene rings is 3. The van der Waals surface area contributed by atoms with Crippen molar-refractivity contribution in [3.63, 3.8) is 0 Å². The van der Waals surface area contributed by atoms with E-state index in [1.54, 1.807) is 23.9 Å². The third-order valence-corrected chi connectivity index (χ3v) is 15.3. The van der Waals surface area contributed by atoms with Crippen molar-refractivity contribution < 1.29 is 24.0 Å². The van der Waals surface area contributed by atoms with Crippen LogP contribution in [0.1, 0.15) is 87.7 Å². The van der Waals surface area contributed by atoms with E-state index in [0.29, 0.717) is 12.5 Å². The molecule has 2 saturated heterocycles. The van der Waals surface area contributed by atoms with Gasteiger partial charge in [0.05, 0.1) is 45.9 Å². The molecule has 69 heavy (non-hydrogen) atoms. The van der Waals surface area contributed by atoms with E-state index in [0.717, 1.165) is 104 Å². The van der Waals surface area contributed by atoms with Crippen molar-refractivity contribution in [2.24, 2.45) is 11.3 Å². The summed E-state index contributed by atoms with van der Waals surface area (Å²) in [6.45, 7) is 18.7. The highest BCUT2D eigenvalue weighted by Gasteiger charge is 2.45. The van der Waals surface area contributed by atoms with Crippen LogP contribution >= 0.6 is 27.3 Å². The van der Waals surface area contributed by atoms with Gasteiger partial charge < -0.3 is 39.5 Å². The number of aromatic nitrogens is 4. The molecule has 4 atom stereocenters. The molecule has 5 heterocycles. The highest BCUT2D eigenvalue weighted by Crippen LogP contribution is 2.39. The molecule has 0 unspecified atom stereocenters. The lowest BCUT2D eigenvalue weighted by molar-refractivity contribution is -0.144. The van der Waals surface area contributed by atoms with Crippen LogP contribution in [0.25, 0.3) is 27.3 Å². The molecule has 3 aromatic carbocycles. The van der Waals surface area contributed by atoms with Gasteiger partial charge >= 0.3 is 0 Å². The van der Waals surface area contributed by atoms with Gasteiger partial charge in [-0.15, -0.1) is 11.3 Å². The molecule has 14 nitrogen and oxygen atoms in total. The Labute approximate surface area is 417 Å². The van der Waals surface area contributed by atoms with Gasteiger partial charge in [0.2, 0.25) is 17.7 Å². The second-order valence-corrected chi connectivity index (χ2v) is 21.5. The van der Waals surface area contributed by atoms with Crippen molar-refractivity contribution in [3.05, 3.63) is 118 Å². The van der Waals surface area contributed by atoms with E-state index in [1.807, 2.05) is 89.0 Å². The number of aryl methyl sites for hydroxylation is 4. The summed E-state index contributed by atoms with van der Waals surface area (Å²) in [5.41, 5.74) is 11.4. The largest absolute Gasteiger partial charge is 0.391 e. The molecule has 3 amide bonds. The molecule has 2 fully saturated rings. The van der Waals surface area contributed by atoms with Crippen molar-refractivity contribution in [1.29, 1.82) is 0 Å². The van der Waals surface area contributed by atoms with Crippen molar-refractivity contribution in [3.8, 4) is 27.3 Å². The summed E-state index contributed by atoms with van der Waals surface area (Å²) in [7, 11) is 0. The van der Waals surface area contributed by atoms with E-state index in [9.17, 15) is 19.5 Å². The number of β-amino-alcohol motifs (C(OH)–C–C–N with tert-alkyl or cyclic N) is 1. The number of rotatable bonds is 15. The summed E-state index contributed by atoms with van der Waals surface area (Å²) in [4.78, 5) is 57.8. The van der Waals surface area contributed by atoms with E-state index >= 15 is 0 Å². The van der Waals surface area contributed by atoms with Gasteiger partial charge in [0, 0.05) is 66.3 Å². The number of carbonyl (C=O) groups is 3. The normalized spacial score (nSPS) is 17.7. The average Bonchev–Trinajstić information content (AvgIpc) is 4.16. The summed E-state index contributed by atoms with van der Waals surface area (Å²) < 4.78 is 8.51. The van der Waals surface area contributed by atoms with Crippen LogP contribution in [0.3, 0.4) is 0 Å².